The number of aromatic nitrogens is 2. The van der Waals surface area contributed by atoms with E-state index in [4.69, 9.17) is 19.1 Å². The van der Waals surface area contributed by atoms with E-state index in [0.717, 1.165) is 24.3 Å². The van der Waals surface area contributed by atoms with E-state index < -0.39 is 70.9 Å². The highest BCUT2D eigenvalue weighted by Gasteiger charge is 2.42. The zero-order valence-corrected chi connectivity index (χ0v) is 21.4. The van der Waals surface area contributed by atoms with Crippen LogP contribution < -0.4 is 20.3 Å². The summed E-state index contributed by atoms with van der Waals surface area (Å²) in [7, 11) is 0. The van der Waals surface area contributed by atoms with E-state index in [1.807, 2.05) is 0 Å². The number of carbonyl (C=O) groups excluding carboxylic acids is 4. The molecule has 0 bridgehead atoms. The van der Waals surface area contributed by atoms with Gasteiger partial charge in [-0.1, -0.05) is 0 Å². The van der Waals surface area contributed by atoms with E-state index in [9.17, 15) is 39.6 Å². The Morgan fingerprint density at radius 3 is 1.13 bits per heavy atom. The second-order valence-corrected chi connectivity index (χ2v) is 9.76. The van der Waals surface area contributed by atoms with Crippen LogP contribution in [0.25, 0.3) is 0 Å². The standard InChI is InChI=1S/C22H30N4O12/c1-21(2,3)35-19(33)23-15(17(31)37-25-11(27)7-8-12(25)28)16(24-20(34)36-22(4,5)6)18(32)38-26-13(29)9-10-14(26)30/h7-10,15-16,27-30H,1-6H3,(H,23,33)(H,24,34). The Labute approximate surface area is 216 Å². The molecule has 2 rings (SSSR count). The Kier molecular flexibility index (Phi) is 8.61. The van der Waals surface area contributed by atoms with E-state index in [1.54, 1.807) is 0 Å². The number of nitrogens with zero attached hydrogens (tertiary/aromatic N) is 2. The number of ether oxygens (including phenoxy) is 2. The summed E-state index contributed by atoms with van der Waals surface area (Å²) in [6.45, 7) is 9.07. The average Bonchev–Trinajstić information content (AvgIpc) is 3.23. The highest BCUT2D eigenvalue weighted by molar-refractivity contribution is 5.92. The fourth-order valence-corrected chi connectivity index (χ4v) is 2.71. The Balaban J connectivity index is 2.50. The summed E-state index contributed by atoms with van der Waals surface area (Å²) in [5.74, 6) is -5.92. The van der Waals surface area contributed by atoms with Crippen LogP contribution in [0, 0.1) is 0 Å². The molecule has 16 heteroatoms. The molecule has 0 radical (unpaired) electrons. The van der Waals surface area contributed by atoms with Gasteiger partial charge in [-0.25, -0.2) is 19.2 Å². The summed E-state index contributed by atoms with van der Waals surface area (Å²) >= 11 is 0. The minimum absolute atomic E-state index is 0.269. The third-order valence-electron chi connectivity index (χ3n) is 4.14. The lowest BCUT2D eigenvalue weighted by atomic mass is 10.1. The van der Waals surface area contributed by atoms with E-state index in [-0.39, 0.29) is 9.46 Å². The van der Waals surface area contributed by atoms with Crippen LogP contribution in [0.1, 0.15) is 41.5 Å². The summed E-state index contributed by atoms with van der Waals surface area (Å²) in [6, 6.07) is -0.401. The van der Waals surface area contributed by atoms with Crippen molar-refractivity contribution in [2.24, 2.45) is 0 Å². The maximum absolute atomic E-state index is 13.1. The zero-order chi connectivity index (χ0) is 29.0. The number of rotatable bonds is 7. The molecule has 0 aromatic carbocycles. The van der Waals surface area contributed by atoms with Crippen molar-refractivity contribution >= 4 is 24.1 Å². The molecule has 2 unspecified atom stereocenters. The molecule has 0 saturated heterocycles. The summed E-state index contributed by atoms with van der Waals surface area (Å²) in [6.07, 6.45) is -2.48. The minimum Gasteiger partial charge on any atom is -0.492 e. The van der Waals surface area contributed by atoms with Crippen LogP contribution in [0.15, 0.2) is 24.3 Å². The van der Waals surface area contributed by atoms with E-state index in [2.05, 4.69) is 10.6 Å². The Morgan fingerprint density at radius 2 is 0.895 bits per heavy atom. The van der Waals surface area contributed by atoms with Gasteiger partial charge in [0.1, 0.15) is 11.2 Å². The monoisotopic (exact) mass is 542 g/mol. The van der Waals surface area contributed by atoms with Crippen molar-refractivity contribution < 1.29 is 58.8 Å². The first-order valence-electron chi connectivity index (χ1n) is 11.0. The molecule has 2 aromatic rings. The second-order valence-electron chi connectivity index (χ2n) is 9.76. The average molecular weight is 542 g/mol. The van der Waals surface area contributed by atoms with Crippen molar-refractivity contribution in [1.29, 1.82) is 0 Å². The van der Waals surface area contributed by atoms with Crippen molar-refractivity contribution in [3.63, 3.8) is 0 Å². The molecular formula is C22H30N4O12. The summed E-state index contributed by atoms with van der Waals surface area (Å²) in [4.78, 5) is 61.2. The van der Waals surface area contributed by atoms with E-state index in [0.29, 0.717) is 0 Å². The van der Waals surface area contributed by atoms with Gasteiger partial charge in [0, 0.05) is 24.3 Å². The SMILES string of the molecule is CC(C)(C)OC(=O)NC(C(=O)On1c(O)ccc1O)C(NC(=O)OC(C)(C)C)C(=O)On1c(O)ccc1O. The van der Waals surface area contributed by atoms with Crippen LogP contribution in [0.4, 0.5) is 9.59 Å². The van der Waals surface area contributed by atoms with Gasteiger partial charge in [-0.3, -0.25) is 0 Å². The Morgan fingerprint density at radius 1 is 0.632 bits per heavy atom. The number of nitrogens with one attached hydrogen (secondary N) is 2. The molecule has 2 atom stereocenters. The first kappa shape index (κ1) is 29.5. The topological polar surface area (TPSA) is 220 Å². The lowest BCUT2D eigenvalue weighted by Gasteiger charge is -2.28. The minimum atomic E-state index is -2.15. The zero-order valence-electron chi connectivity index (χ0n) is 21.4. The number of amides is 2. The van der Waals surface area contributed by atoms with Crippen LogP contribution in [0.3, 0.4) is 0 Å². The number of hydrogen-bond acceptors (Lipinski definition) is 12. The molecule has 38 heavy (non-hydrogen) atoms. The van der Waals surface area contributed by atoms with Gasteiger partial charge in [0.15, 0.2) is 12.1 Å². The molecule has 0 fully saturated rings. The lowest BCUT2D eigenvalue weighted by molar-refractivity contribution is -0.157. The largest absolute Gasteiger partial charge is 0.492 e. The molecule has 210 valence electrons. The molecule has 16 nitrogen and oxygen atoms in total. The van der Waals surface area contributed by atoms with Crippen LogP contribution in [0.5, 0.6) is 23.5 Å². The molecule has 0 spiro atoms. The third-order valence-corrected chi connectivity index (χ3v) is 4.14. The summed E-state index contributed by atoms with van der Waals surface area (Å²) in [5.41, 5.74) is -2.13. The quantitative estimate of drug-likeness (QED) is 0.282. The molecule has 6 N–H and O–H groups in total. The van der Waals surface area contributed by atoms with Gasteiger partial charge in [0.05, 0.1) is 0 Å². The number of alkyl carbamates (subject to hydrolysis) is 2. The second kappa shape index (κ2) is 11.1. The Bertz CT molecular complexity index is 1060. The molecule has 2 amide bonds. The van der Waals surface area contributed by atoms with E-state index >= 15 is 0 Å². The number of carbonyl (C=O) groups is 4. The maximum Gasteiger partial charge on any atom is 0.408 e. The first-order chi connectivity index (χ1) is 17.4. The van der Waals surface area contributed by atoms with Gasteiger partial charge in [0.25, 0.3) is 0 Å². The number of aromatic hydroxyl groups is 4. The van der Waals surface area contributed by atoms with Crippen LogP contribution in [-0.4, -0.2) is 77.3 Å². The first-order valence-corrected chi connectivity index (χ1v) is 11.0. The van der Waals surface area contributed by atoms with Crippen LogP contribution in [0.2, 0.25) is 0 Å². The van der Waals surface area contributed by atoms with Gasteiger partial charge in [-0.05, 0) is 41.5 Å². The molecule has 0 aliphatic carbocycles. The fourth-order valence-electron chi connectivity index (χ4n) is 2.71. The molecule has 2 aromatic heterocycles. The summed E-state index contributed by atoms with van der Waals surface area (Å²) < 4.78 is 10.8. The highest BCUT2D eigenvalue weighted by atomic mass is 16.7. The third kappa shape index (κ3) is 8.14. The molecular weight excluding hydrogens is 512 g/mol. The van der Waals surface area contributed by atoms with E-state index in [1.165, 1.54) is 41.5 Å². The highest BCUT2D eigenvalue weighted by Crippen LogP contribution is 2.21. The van der Waals surface area contributed by atoms with Crippen molar-refractivity contribution in [2.45, 2.75) is 64.8 Å². The fraction of sp³-hybridized carbons (Fsp3) is 0.455. The predicted octanol–water partition coefficient (Wildman–Crippen LogP) is 0.509. The molecule has 0 aliphatic heterocycles. The van der Waals surface area contributed by atoms with Gasteiger partial charge < -0.3 is 50.2 Å². The lowest BCUT2D eigenvalue weighted by Crippen LogP contribution is -2.62. The van der Waals surface area contributed by atoms with Gasteiger partial charge in [-0.15, -0.1) is 9.46 Å². The van der Waals surface area contributed by atoms with Gasteiger partial charge in [0.2, 0.25) is 23.5 Å². The summed E-state index contributed by atoms with van der Waals surface area (Å²) in [5, 5.41) is 43.4. The van der Waals surface area contributed by atoms with Crippen molar-refractivity contribution in [2.75, 3.05) is 0 Å². The molecule has 2 heterocycles. The van der Waals surface area contributed by atoms with Crippen molar-refractivity contribution in [3.05, 3.63) is 24.3 Å². The maximum atomic E-state index is 13.1. The van der Waals surface area contributed by atoms with Crippen LogP contribution in [-0.2, 0) is 19.1 Å². The predicted molar refractivity (Wildman–Crippen MR) is 125 cm³/mol. The Hall–Kier alpha value is -4.76. The number of hydrogen-bond donors (Lipinski definition) is 6. The molecule has 0 aliphatic rings. The van der Waals surface area contributed by atoms with Gasteiger partial charge in [-0.2, -0.15) is 0 Å². The van der Waals surface area contributed by atoms with Gasteiger partial charge >= 0.3 is 24.1 Å². The van der Waals surface area contributed by atoms with Crippen molar-refractivity contribution in [3.8, 4) is 23.5 Å². The van der Waals surface area contributed by atoms with Crippen LogP contribution >= 0.6 is 0 Å². The smallest absolute Gasteiger partial charge is 0.408 e. The normalized spacial score (nSPS) is 13.1. The molecule has 0 saturated carbocycles. The van der Waals surface area contributed by atoms with Crippen molar-refractivity contribution in [1.82, 2.24) is 20.1 Å².